The molecule has 34 heavy (non-hydrogen) atoms. The summed E-state index contributed by atoms with van der Waals surface area (Å²) in [5, 5.41) is 5.38. The number of benzene rings is 1. The topological polar surface area (TPSA) is 57.8 Å². The number of hydrogen-bond acceptors (Lipinski definition) is 4. The summed E-state index contributed by atoms with van der Waals surface area (Å²) in [5.41, 5.74) is 3.17. The van der Waals surface area contributed by atoms with E-state index < -0.39 is 6.08 Å². The smallest absolute Gasteiger partial charge is 0.266 e. The number of halogens is 3. The van der Waals surface area contributed by atoms with Crippen LogP contribution in [0.1, 0.15) is 18.0 Å². The summed E-state index contributed by atoms with van der Waals surface area (Å²) in [6.07, 6.45) is 10.7. The number of hydrogen-bond donors (Lipinski definition) is 0. The lowest BCUT2D eigenvalue weighted by molar-refractivity contribution is 0.0924. The standard InChI is InChI=1S/C24H25BrF2N5OS/c1-34(2)11-10-33-16-31-9-8-20-23(28-15-29-24(20)31)18-13-30-32(14-18)21(6-7-22(26)27)17-4-3-5-19(25)12-17/h3-5,7-9,12-15,21H,6,10-11,16H2,1-2H3/q+1. The molecule has 0 aliphatic carbocycles. The quantitative estimate of drug-likeness (QED) is 0.189. The van der Waals surface area contributed by atoms with Crippen LogP contribution in [0.25, 0.3) is 22.3 Å². The van der Waals surface area contributed by atoms with Crippen molar-refractivity contribution < 1.29 is 13.5 Å². The molecule has 0 fully saturated rings. The predicted octanol–water partition coefficient (Wildman–Crippen LogP) is 5.67. The summed E-state index contributed by atoms with van der Waals surface area (Å²) in [7, 11) is 0.342. The van der Waals surface area contributed by atoms with E-state index in [0.717, 1.165) is 44.2 Å². The van der Waals surface area contributed by atoms with Crippen LogP contribution in [0, 0.1) is 0 Å². The van der Waals surface area contributed by atoms with Crippen LogP contribution in [0.5, 0.6) is 0 Å². The van der Waals surface area contributed by atoms with Gasteiger partial charge in [0.05, 0.1) is 37.1 Å². The summed E-state index contributed by atoms with van der Waals surface area (Å²) in [5.74, 6) is 1.03. The van der Waals surface area contributed by atoms with E-state index in [1.165, 1.54) is 6.33 Å². The lowest BCUT2D eigenvalue weighted by atomic mass is 10.0. The first-order chi connectivity index (χ1) is 16.4. The Kier molecular flexibility index (Phi) is 8.12. The maximum Gasteiger partial charge on any atom is 0.266 e. The monoisotopic (exact) mass is 548 g/mol. The van der Waals surface area contributed by atoms with Crippen LogP contribution in [0.2, 0.25) is 0 Å². The Morgan fingerprint density at radius 3 is 2.85 bits per heavy atom. The van der Waals surface area contributed by atoms with Gasteiger partial charge in [0.15, 0.2) is 0 Å². The second-order valence-electron chi connectivity index (χ2n) is 7.98. The third kappa shape index (κ3) is 5.92. The number of aromatic nitrogens is 5. The Morgan fingerprint density at radius 1 is 1.24 bits per heavy atom. The summed E-state index contributed by atoms with van der Waals surface area (Å²) in [4.78, 5) is 8.93. The van der Waals surface area contributed by atoms with E-state index in [2.05, 4.69) is 43.5 Å². The number of fused-ring (bicyclic) bond motifs is 1. The highest BCUT2D eigenvalue weighted by Gasteiger charge is 2.18. The molecule has 3 aromatic heterocycles. The Balaban J connectivity index is 1.62. The largest absolute Gasteiger partial charge is 0.356 e. The second kappa shape index (κ2) is 11.2. The first-order valence-corrected chi connectivity index (χ1v) is 13.7. The molecule has 4 aromatic rings. The number of nitrogens with zero attached hydrogens (tertiary/aromatic N) is 5. The molecule has 4 rings (SSSR count). The molecule has 0 saturated heterocycles. The van der Waals surface area contributed by atoms with Crippen molar-refractivity contribution in [2.45, 2.75) is 19.2 Å². The molecule has 0 N–H and O–H groups in total. The fraction of sp³-hybridized carbons (Fsp3) is 0.292. The van der Waals surface area contributed by atoms with E-state index >= 15 is 0 Å². The summed E-state index contributed by atoms with van der Waals surface area (Å²) in [6, 6.07) is 9.18. The SMILES string of the molecule is C[S+](C)CCOCn1ccc2c(-c3cnn(C(CC=C(F)F)c4cccc(Br)c4)c3)ncnc21. The van der Waals surface area contributed by atoms with E-state index in [-0.39, 0.29) is 12.5 Å². The van der Waals surface area contributed by atoms with Crippen molar-refractivity contribution in [1.29, 1.82) is 0 Å². The maximum absolute atomic E-state index is 12.9. The van der Waals surface area contributed by atoms with Gasteiger partial charge in [-0.2, -0.15) is 13.9 Å². The van der Waals surface area contributed by atoms with Gasteiger partial charge in [0.25, 0.3) is 6.08 Å². The summed E-state index contributed by atoms with van der Waals surface area (Å²) < 4.78 is 36.1. The van der Waals surface area contributed by atoms with Crippen molar-refractivity contribution in [2.75, 3.05) is 24.9 Å². The van der Waals surface area contributed by atoms with Crippen LogP contribution in [0.15, 0.2) is 71.9 Å². The van der Waals surface area contributed by atoms with Gasteiger partial charge >= 0.3 is 0 Å². The molecule has 0 saturated carbocycles. The lowest BCUT2D eigenvalue weighted by Crippen LogP contribution is -2.11. The molecule has 0 bridgehead atoms. The zero-order valence-electron chi connectivity index (χ0n) is 18.9. The van der Waals surface area contributed by atoms with Gasteiger partial charge in [0.1, 0.15) is 24.5 Å². The molecule has 1 unspecified atom stereocenters. The van der Waals surface area contributed by atoms with E-state index in [4.69, 9.17) is 4.74 Å². The first-order valence-electron chi connectivity index (χ1n) is 10.7. The first kappa shape index (κ1) is 24.6. The minimum absolute atomic E-state index is 0.115. The average Bonchev–Trinajstić information content (AvgIpc) is 3.44. The second-order valence-corrected chi connectivity index (χ2v) is 11.3. The van der Waals surface area contributed by atoms with Gasteiger partial charge in [-0.05, 0) is 47.2 Å². The molecule has 0 aliphatic heterocycles. The molecular formula is C24H25BrF2N5OS+. The van der Waals surface area contributed by atoms with Crippen molar-refractivity contribution in [3.05, 3.63) is 77.4 Å². The molecule has 10 heteroatoms. The minimum atomic E-state index is -1.71. The van der Waals surface area contributed by atoms with Crippen molar-refractivity contribution in [3.8, 4) is 11.3 Å². The molecular weight excluding hydrogens is 524 g/mol. The van der Waals surface area contributed by atoms with Gasteiger partial charge in [-0.1, -0.05) is 28.1 Å². The Labute approximate surface area is 208 Å². The van der Waals surface area contributed by atoms with Crippen molar-refractivity contribution in [3.63, 3.8) is 0 Å². The van der Waals surface area contributed by atoms with Gasteiger partial charge in [-0.25, -0.2) is 9.97 Å². The van der Waals surface area contributed by atoms with Crippen molar-refractivity contribution in [1.82, 2.24) is 24.3 Å². The van der Waals surface area contributed by atoms with Gasteiger partial charge in [-0.15, -0.1) is 0 Å². The van der Waals surface area contributed by atoms with Crippen LogP contribution in [0.4, 0.5) is 8.78 Å². The van der Waals surface area contributed by atoms with Crippen LogP contribution in [0.3, 0.4) is 0 Å². The molecule has 178 valence electrons. The maximum atomic E-state index is 12.9. The van der Waals surface area contributed by atoms with Gasteiger partial charge < -0.3 is 9.30 Å². The van der Waals surface area contributed by atoms with E-state index in [1.54, 1.807) is 10.9 Å². The van der Waals surface area contributed by atoms with Crippen LogP contribution >= 0.6 is 15.9 Å². The molecule has 0 aliphatic rings. The third-order valence-electron chi connectivity index (χ3n) is 5.35. The van der Waals surface area contributed by atoms with Crippen LogP contribution in [-0.4, -0.2) is 49.2 Å². The van der Waals surface area contributed by atoms with Gasteiger partial charge in [0.2, 0.25) is 0 Å². The molecule has 0 radical (unpaired) electrons. The Hall–Kier alpha value is -2.56. The lowest BCUT2D eigenvalue weighted by Gasteiger charge is -2.16. The highest BCUT2D eigenvalue weighted by atomic mass is 79.9. The van der Waals surface area contributed by atoms with Crippen LogP contribution < -0.4 is 0 Å². The normalized spacial score (nSPS) is 12.4. The fourth-order valence-corrected chi connectivity index (χ4v) is 4.54. The number of allylic oxidation sites excluding steroid dienone is 1. The molecule has 6 nitrogen and oxygen atoms in total. The average molecular weight is 549 g/mol. The van der Waals surface area contributed by atoms with Gasteiger partial charge in [-0.3, -0.25) is 4.68 Å². The summed E-state index contributed by atoms with van der Waals surface area (Å²) >= 11 is 3.46. The minimum Gasteiger partial charge on any atom is -0.356 e. The Morgan fingerprint density at radius 2 is 2.09 bits per heavy atom. The zero-order valence-corrected chi connectivity index (χ0v) is 21.3. The molecule has 1 aromatic carbocycles. The van der Waals surface area contributed by atoms with Gasteiger partial charge in [0, 0.05) is 27.8 Å². The van der Waals surface area contributed by atoms with E-state index in [1.807, 2.05) is 47.3 Å². The molecule has 1 atom stereocenters. The zero-order chi connectivity index (χ0) is 24.1. The summed E-state index contributed by atoms with van der Waals surface area (Å²) in [6.45, 7) is 1.12. The van der Waals surface area contributed by atoms with Crippen molar-refractivity contribution >= 4 is 37.9 Å². The fourth-order valence-electron chi connectivity index (χ4n) is 3.67. The van der Waals surface area contributed by atoms with Crippen LogP contribution in [-0.2, 0) is 22.4 Å². The predicted molar refractivity (Wildman–Crippen MR) is 136 cm³/mol. The highest BCUT2D eigenvalue weighted by Crippen LogP contribution is 2.30. The third-order valence-corrected chi connectivity index (χ3v) is 6.82. The number of ether oxygens (including phenoxy) is 1. The molecule has 3 heterocycles. The molecule has 0 spiro atoms. The van der Waals surface area contributed by atoms with E-state index in [9.17, 15) is 8.78 Å². The number of rotatable bonds is 10. The Bertz CT molecular complexity index is 1290. The van der Waals surface area contributed by atoms with Crippen molar-refractivity contribution in [2.24, 2.45) is 0 Å². The van der Waals surface area contributed by atoms with E-state index in [0.29, 0.717) is 24.2 Å². The molecule has 0 amide bonds. The highest BCUT2D eigenvalue weighted by molar-refractivity contribution is 9.10.